The number of β-amino-alcohol motifs (C(OH)–C–C–N with tert-alkyl or cyclic N) is 1. The molecule has 2 fully saturated rings. The van der Waals surface area contributed by atoms with E-state index in [0.717, 1.165) is 12.1 Å². The fourth-order valence-corrected chi connectivity index (χ4v) is 3.19. The van der Waals surface area contributed by atoms with Crippen molar-refractivity contribution in [2.75, 3.05) is 19.6 Å². The van der Waals surface area contributed by atoms with Crippen LogP contribution in [-0.2, 0) is 17.9 Å². The van der Waals surface area contributed by atoms with Gasteiger partial charge in [0.25, 0.3) is 0 Å². The second-order valence-electron chi connectivity index (χ2n) is 6.37. The molecule has 2 aliphatic rings. The number of amides is 1. The molecule has 0 radical (unpaired) electrons. The van der Waals surface area contributed by atoms with Gasteiger partial charge in [-0.15, -0.1) is 0 Å². The molecule has 5 nitrogen and oxygen atoms in total. The summed E-state index contributed by atoms with van der Waals surface area (Å²) in [5.74, 6) is -0.0299. The molecule has 2 heterocycles. The quantitative estimate of drug-likeness (QED) is 0.746. The maximum absolute atomic E-state index is 12.0. The number of nitrogens with one attached hydrogen (secondary N) is 2. The first-order chi connectivity index (χ1) is 10.7. The lowest BCUT2D eigenvalue weighted by molar-refractivity contribution is -0.123. The van der Waals surface area contributed by atoms with Gasteiger partial charge < -0.3 is 15.7 Å². The van der Waals surface area contributed by atoms with E-state index in [4.69, 9.17) is 0 Å². The molecule has 2 aliphatic heterocycles. The van der Waals surface area contributed by atoms with Crippen LogP contribution in [-0.4, -0.2) is 47.7 Å². The largest absolute Gasteiger partial charge is 0.392 e. The molecule has 0 saturated carbocycles. The molecule has 0 bridgehead atoms. The number of hydrogen-bond donors (Lipinski definition) is 3. The number of likely N-dealkylation sites (tertiary alicyclic amines) is 1. The highest BCUT2D eigenvalue weighted by Crippen LogP contribution is 2.13. The number of carbonyl (C=O) groups excluding carboxylic acids is 1. The smallest absolute Gasteiger partial charge is 0.237 e. The van der Waals surface area contributed by atoms with Crippen molar-refractivity contribution in [3.63, 3.8) is 0 Å². The molecular formula is C17H25N3O2. The number of nitrogens with zero attached hydrogens (tertiary/aromatic N) is 1. The molecule has 1 aromatic carbocycles. The molecule has 120 valence electrons. The molecule has 2 atom stereocenters. The molecular weight excluding hydrogens is 278 g/mol. The van der Waals surface area contributed by atoms with Gasteiger partial charge in [0, 0.05) is 19.6 Å². The lowest BCUT2D eigenvalue weighted by atomic mass is 10.1. The van der Waals surface area contributed by atoms with Gasteiger partial charge in [0.2, 0.25) is 5.91 Å². The van der Waals surface area contributed by atoms with Crippen LogP contribution in [0.25, 0.3) is 0 Å². The zero-order chi connectivity index (χ0) is 15.4. The highest BCUT2D eigenvalue weighted by molar-refractivity contribution is 5.82. The van der Waals surface area contributed by atoms with E-state index in [2.05, 4.69) is 39.8 Å². The van der Waals surface area contributed by atoms with Crippen molar-refractivity contribution < 1.29 is 9.90 Å². The SMILES string of the molecule is O=C(NCc1ccc(CN2CCCC2)cc1)C1CC(O)CN1. The van der Waals surface area contributed by atoms with Gasteiger partial charge in [-0.1, -0.05) is 24.3 Å². The highest BCUT2D eigenvalue weighted by Gasteiger charge is 2.27. The lowest BCUT2D eigenvalue weighted by Crippen LogP contribution is -2.40. The molecule has 1 aromatic rings. The summed E-state index contributed by atoms with van der Waals surface area (Å²) in [6, 6.07) is 8.21. The van der Waals surface area contributed by atoms with Crippen molar-refractivity contribution in [3.8, 4) is 0 Å². The fourth-order valence-electron chi connectivity index (χ4n) is 3.19. The Labute approximate surface area is 131 Å². The summed E-state index contributed by atoms with van der Waals surface area (Å²) in [7, 11) is 0. The lowest BCUT2D eigenvalue weighted by Gasteiger charge is -2.15. The molecule has 0 aliphatic carbocycles. The third kappa shape index (κ3) is 4.06. The average Bonchev–Trinajstić information content (AvgIpc) is 3.18. The van der Waals surface area contributed by atoms with Gasteiger partial charge in [0.1, 0.15) is 0 Å². The second kappa shape index (κ2) is 7.22. The second-order valence-corrected chi connectivity index (χ2v) is 6.37. The minimum Gasteiger partial charge on any atom is -0.392 e. The number of aliphatic hydroxyl groups is 1. The number of rotatable bonds is 5. The number of aliphatic hydroxyl groups excluding tert-OH is 1. The molecule has 2 saturated heterocycles. The van der Waals surface area contributed by atoms with E-state index < -0.39 is 6.10 Å². The van der Waals surface area contributed by atoms with Crippen molar-refractivity contribution >= 4 is 5.91 Å². The van der Waals surface area contributed by atoms with Crippen LogP contribution in [0.4, 0.5) is 0 Å². The van der Waals surface area contributed by atoms with Gasteiger partial charge in [0.05, 0.1) is 12.1 Å². The third-order valence-corrected chi connectivity index (χ3v) is 4.52. The Morgan fingerprint density at radius 1 is 1.23 bits per heavy atom. The van der Waals surface area contributed by atoms with E-state index in [1.54, 1.807) is 0 Å². The van der Waals surface area contributed by atoms with E-state index >= 15 is 0 Å². The van der Waals surface area contributed by atoms with Crippen molar-refractivity contribution in [2.24, 2.45) is 0 Å². The van der Waals surface area contributed by atoms with Crippen LogP contribution in [0.1, 0.15) is 30.4 Å². The first kappa shape index (κ1) is 15.5. The fraction of sp³-hybridized carbons (Fsp3) is 0.588. The summed E-state index contributed by atoms with van der Waals surface area (Å²) in [6.07, 6.45) is 2.73. The van der Waals surface area contributed by atoms with Gasteiger partial charge in [-0.25, -0.2) is 0 Å². The standard InChI is InChI=1S/C17H25N3O2/c21-15-9-16(18-11-15)17(22)19-10-13-3-5-14(6-4-13)12-20-7-1-2-8-20/h3-6,15-16,18,21H,1-2,7-12H2,(H,19,22). The van der Waals surface area contributed by atoms with Gasteiger partial charge in [-0.2, -0.15) is 0 Å². The van der Waals surface area contributed by atoms with Crippen molar-refractivity contribution in [3.05, 3.63) is 35.4 Å². The number of hydrogen-bond acceptors (Lipinski definition) is 4. The first-order valence-corrected chi connectivity index (χ1v) is 8.20. The summed E-state index contributed by atoms with van der Waals surface area (Å²) >= 11 is 0. The summed E-state index contributed by atoms with van der Waals surface area (Å²) in [4.78, 5) is 14.4. The van der Waals surface area contributed by atoms with Crippen molar-refractivity contribution in [1.29, 1.82) is 0 Å². The summed E-state index contributed by atoms with van der Waals surface area (Å²) < 4.78 is 0. The average molecular weight is 303 g/mol. The monoisotopic (exact) mass is 303 g/mol. The van der Waals surface area contributed by atoms with Crippen LogP contribution in [0, 0.1) is 0 Å². The Balaban J connectivity index is 1.45. The third-order valence-electron chi connectivity index (χ3n) is 4.52. The zero-order valence-electron chi connectivity index (χ0n) is 12.9. The normalized spacial score (nSPS) is 25.5. The van der Waals surface area contributed by atoms with Crippen LogP contribution in [0.15, 0.2) is 24.3 Å². The molecule has 3 N–H and O–H groups in total. The van der Waals surface area contributed by atoms with E-state index in [1.165, 1.54) is 31.5 Å². The van der Waals surface area contributed by atoms with Crippen molar-refractivity contribution in [1.82, 2.24) is 15.5 Å². The molecule has 5 heteroatoms. The van der Waals surface area contributed by atoms with Crippen LogP contribution in [0.5, 0.6) is 0 Å². The number of carbonyl (C=O) groups is 1. The van der Waals surface area contributed by atoms with Crippen LogP contribution < -0.4 is 10.6 Å². The van der Waals surface area contributed by atoms with Crippen LogP contribution in [0.3, 0.4) is 0 Å². The highest BCUT2D eigenvalue weighted by atomic mass is 16.3. The minimum absolute atomic E-state index is 0.0299. The Morgan fingerprint density at radius 2 is 1.91 bits per heavy atom. The first-order valence-electron chi connectivity index (χ1n) is 8.20. The molecule has 22 heavy (non-hydrogen) atoms. The minimum atomic E-state index is -0.402. The zero-order valence-corrected chi connectivity index (χ0v) is 12.9. The molecule has 0 spiro atoms. The number of benzene rings is 1. The predicted molar refractivity (Wildman–Crippen MR) is 85.2 cm³/mol. The van der Waals surface area contributed by atoms with Crippen molar-refractivity contribution in [2.45, 2.75) is 44.5 Å². The maximum atomic E-state index is 12.0. The van der Waals surface area contributed by atoms with Crippen LogP contribution >= 0.6 is 0 Å². The van der Waals surface area contributed by atoms with E-state index in [9.17, 15) is 9.90 Å². The van der Waals surface area contributed by atoms with E-state index in [0.29, 0.717) is 19.5 Å². The Kier molecular flexibility index (Phi) is 5.08. The van der Waals surface area contributed by atoms with Gasteiger partial charge in [0.15, 0.2) is 0 Å². The summed E-state index contributed by atoms with van der Waals surface area (Å²) in [5, 5.41) is 15.4. The molecule has 2 unspecified atom stereocenters. The molecule has 1 amide bonds. The van der Waals surface area contributed by atoms with E-state index in [1.807, 2.05) is 0 Å². The molecule has 3 rings (SSSR count). The Morgan fingerprint density at radius 3 is 2.55 bits per heavy atom. The Bertz CT molecular complexity index is 497. The van der Waals surface area contributed by atoms with Gasteiger partial charge >= 0.3 is 0 Å². The predicted octanol–water partition coefficient (Wildman–Crippen LogP) is 0.621. The van der Waals surface area contributed by atoms with Gasteiger partial charge in [-0.3, -0.25) is 9.69 Å². The van der Waals surface area contributed by atoms with Crippen LogP contribution in [0.2, 0.25) is 0 Å². The Hall–Kier alpha value is -1.43. The van der Waals surface area contributed by atoms with Gasteiger partial charge in [-0.05, 0) is 43.5 Å². The molecule has 0 aromatic heterocycles. The van der Waals surface area contributed by atoms with E-state index in [-0.39, 0.29) is 11.9 Å². The summed E-state index contributed by atoms with van der Waals surface area (Å²) in [5.41, 5.74) is 2.44. The summed E-state index contributed by atoms with van der Waals surface area (Å²) in [6.45, 7) is 4.48. The maximum Gasteiger partial charge on any atom is 0.237 e. The topological polar surface area (TPSA) is 64.6 Å².